The van der Waals surface area contributed by atoms with Gasteiger partial charge in [0.25, 0.3) is 0 Å². The molecule has 0 atom stereocenters. The van der Waals surface area contributed by atoms with Crippen molar-refractivity contribution in [1.82, 2.24) is 4.90 Å². The van der Waals surface area contributed by atoms with Gasteiger partial charge in [0.15, 0.2) is 5.75 Å². The number of aryl methyl sites for hydroxylation is 1. The molecule has 32 heavy (non-hydrogen) atoms. The molecular formula is C28H44N2O2. The zero-order chi connectivity index (χ0) is 23.0. The van der Waals surface area contributed by atoms with Gasteiger partial charge in [-0.3, -0.25) is 0 Å². The molecule has 178 valence electrons. The monoisotopic (exact) mass is 440 g/mol. The van der Waals surface area contributed by atoms with E-state index in [4.69, 9.17) is 15.5 Å². The van der Waals surface area contributed by atoms with Crippen LogP contribution in [0.1, 0.15) is 83.3 Å². The van der Waals surface area contributed by atoms with Crippen molar-refractivity contribution in [3.05, 3.63) is 23.3 Å². The summed E-state index contributed by atoms with van der Waals surface area (Å²) in [5.41, 5.74) is 2.58. The summed E-state index contributed by atoms with van der Waals surface area (Å²) in [5, 5.41) is 0. The van der Waals surface area contributed by atoms with Gasteiger partial charge in [-0.1, -0.05) is 32.3 Å². The van der Waals surface area contributed by atoms with Crippen molar-refractivity contribution in [2.45, 2.75) is 85.5 Å². The summed E-state index contributed by atoms with van der Waals surface area (Å²) in [4.78, 5) is 7.92. The molecule has 2 aliphatic carbocycles. The van der Waals surface area contributed by atoms with E-state index in [1.54, 1.807) is 0 Å². The lowest BCUT2D eigenvalue weighted by Crippen LogP contribution is -2.37. The molecule has 1 aromatic carbocycles. The van der Waals surface area contributed by atoms with Gasteiger partial charge in [0.2, 0.25) is 0 Å². The highest BCUT2D eigenvalue weighted by Crippen LogP contribution is 2.46. The molecule has 0 aromatic heterocycles. The summed E-state index contributed by atoms with van der Waals surface area (Å²) in [6.07, 6.45) is 11.3. The lowest BCUT2D eigenvalue weighted by molar-refractivity contribution is 0.161. The molecule has 2 N–H and O–H groups in total. The molecule has 1 saturated heterocycles. The maximum absolute atomic E-state index is 5.97. The van der Waals surface area contributed by atoms with Crippen molar-refractivity contribution >= 4 is 0 Å². The zero-order valence-corrected chi connectivity index (χ0v) is 20.8. The first-order valence-electron chi connectivity index (χ1n) is 12.9. The van der Waals surface area contributed by atoms with Gasteiger partial charge in [-0.05, 0) is 102 Å². The third-order valence-electron chi connectivity index (χ3n) is 7.26. The minimum atomic E-state index is 0.340. The first kappa shape index (κ1) is 24.9. The fourth-order valence-corrected chi connectivity index (χ4v) is 4.92. The van der Waals surface area contributed by atoms with Crippen LogP contribution in [0.3, 0.4) is 0 Å². The van der Waals surface area contributed by atoms with Crippen molar-refractivity contribution < 1.29 is 9.57 Å². The van der Waals surface area contributed by atoms with E-state index in [-0.39, 0.29) is 0 Å². The Hall–Kier alpha value is -1.70. The number of hydrogen-bond donors (Lipinski definition) is 1. The van der Waals surface area contributed by atoms with Crippen LogP contribution in [0.4, 0.5) is 0 Å². The first-order valence-corrected chi connectivity index (χ1v) is 12.9. The molecular weight excluding hydrogens is 396 g/mol. The van der Waals surface area contributed by atoms with E-state index in [9.17, 15) is 0 Å². The number of nitrogens with two attached hydrogens (primary N) is 1. The Balaban J connectivity index is 0.00000141. The molecule has 1 aliphatic heterocycles. The van der Waals surface area contributed by atoms with Gasteiger partial charge in [0.05, 0.1) is 6.61 Å². The van der Waals surface area contributed by atoms with Crippen LogP contribution < -0.4 is 15.5 Å². The normalized spacial score (nSPS) is 19.9. The fourth-order valence-electron chi connectivity index (χ4n) is 4.92. The van der Waals surface area contributed by atoms with E-state index >= 15 is 0 Å². The van der Waals surface area contributed by atoms with Gasteiger partial charge in [-0.15, -0.1) is 5.92 Å². The second-order valence-electron chi connectivity index (χ2n) is 9.82. The van der Waals surface area contributed by atoms with Gasteiger partial charge in [-0.25, -0.2) is 0 Å². The molecule has 3 aliphatic rings. The molecule has 4 rings (SSSR count). The molecule has 0 bridgehead atoms. The summed E-state index contributed by atoms with van der Waals surface area (Å²) in [5.74, 6) is 15.5. The van der Waals surface area contributed by atoms with Crippen LogP contribution in [0.25, 0.3) is 0 Å². The Kier molecular flexibility index (Phi) is 9.32. The van der Waals surface area contributed by atoms with Crippen molar-refractivity contribution in [3.8, 4) is 23.3 Å². The number of likely N-dealkylation sites (tertiary alicyclic amines) is 1. The summed E-state index contributed by atoms with van der Waals surface area (Å²) >= 11 is 0. The maximum Gasteiger partial charge on any atom is 0.156 e. The van der Waals surface area contributed by atoms with E-state index in [0.717, 1.165) is 41.9 Å². The predicted molar refractivity (Wildman–Crippen MR) is 133 cm³/mol. The third kappa shape index (κ3) is 6.90. The van der Waals surface area contributed by atoms with Crippen LogP contribution in [0, 0.1) is 36.0 Å². The van der Waals surface area contributed by atoms with Crippen molar-refractivity contribution in [1.29, 1.82) is 0 Å². The molecule has 4 heteroatoms. The van der Waals surface area contributed by atoms with Crippen LogP contribution >= 0.6 is 0 Å². The SMILES string of the molecule is CC.CC#CC1(CN2CCC(CCCc3ccc(OCC4CC4)c(C)c3ON)CC2)CC1. The smallest absolute Gasteiger partial charge is 0.156 e. The van der Waals surface area contributed by atoms with Gasteiger partial charge >= 0.3 is 0 Å². The highest BCUT2D eigenvalue weighted by molar-refractivity contribution is 5.49. The second-order valence-corrected chi connectivity index (χ2v) is 9.82. The molecule has 0 unspecified atom stereocenters. The third-order valence-corrected chi connectivity index (χ3v) is 7.26. The number of piperidine rings is 1. The summed E-state index contributed by atoms with van der Waals surface area (Å²) in [6, 6.07) is 4.24. The number of hydrogen-bond acceptors (Lipinski definition) is 4. The standard InChI is InChI=1S/C26H38N2O2.C2H6/c1-3-13-26(14-15-26)19-28-16-11-21(12-17-28)5-4-6-23-9-10-24(20(2)25(23)30-27)29-18-22-7-8-22;1-2/h9-10,21-22H,4-8,11-12,14-19,27H2,1-2H3;1-2H3. The quantitative estimate of drug-likeness (QED) is 0.363. The Morgan fingerprint density at radius 1 is 1.09 bits per heavy atom. The van der Waals surface area contributed by atoms with Gasteiger partial charge in [-0.2, -0.15) is 5.90 Å². The molecule has 1 heterocycles. The van der Waals surface area contributed by atoms with Crippen molar-refractivity contribution in [2.24, 2.45) is 23.1 Å². The molecule has 2 saturated carbocycles. The van der Waals surface area contributed by atoms with E-state index in [1.165, 1.54) is 76.6 Å². The van der Waals surface area contributed by atoms with Crippen LogP contribution in [-0.2, 0) is 6.42 Å². The molecule has 3 fully saturated rings. The van der Waals surface area contributed by atoms with E-state index in [0.29, 0.717) is 5.41 Å². The van der Waals surface area contributed by atoms with E-state index < -0.39 is 0 Å². The van der Waals surface area contributed by atoms with E-state index in [1.807, 2.05) is 20.8 Å². The van der Waals surface area contributed by atoms with Gasteiger partial charge in [0, 0.05) is 17.5 Å². The molecule has 0 amide bonds. The molecule has 1 aromatic rings. The average molecular weight is 441 g/mol. The number of ether oxygens (including phenoxy) is 1. The lowest BCUT2D eigenvalue weighted by Gasteiger charge is -2.33. The number of rotatable bonds is 10. The zero-order valence-electron chi connectivity index (χ0n) is 20.8. The first-order chi connectivity index (χ1) is 15.6. The summed E-state index contributed by atoms with van der Waals surface area (Å²) in [7, 11) is 0. The minimum absolute atomic E-state index is 0.340. The van der Waals surface area contributed by atoms with Crippen molar-refractivity contribution in [2.75, 3.05) is 26.2 Å². The largest absolute Gasteiger partial charge is 0.493 e. The summed E-state index contributed by atoms with van der Waals surface area (Å²) in [6.45, 7) is 12.5. The van der Waals surface area contributed by atoms with Crippen LogP contribution in [-0.4, -0.2) is 31.1 Å². The topological polar surface area (TPSA) is 47.7 Å². The molecule has 0 spiro atoms. The minimum Gasteiger partial charge on any atom is -0.493 e. The average Bonchev–Trinajstić information content (AvgIpc) is 3.74. The second kappa shape index (κ2) is 12.0. The highest BCUT2D eigenvalue weighted by atomic mass is 16.6. The number of nitrogens with zero attached hydrogens (tertiary/aromatic N) is 1. The Labute approximate surface area is 196 Å². The molecule has 4 nitrogen and oxygen atoms in total. The van der Waals surface area contributed by atoms with Gasteiger partial charge < -0.3 is 14.5 Å². The van der Waals surface area contributed by atoms with Crippen LogP contribution in [0.2, 0.25) is 0 Å². The maximum atomic E-state index is 5.97. The Morgan fingerprint density at radius 2 is 1.81 bits per heavy atom. The van der Waals surface area contributed by atoms with Gasteiger partial charge in [0.1, 0.15) is 5.75 Å². The predicted octanol–water partition coefficient (Wildman–Crippen LogP) is 5.90. The van der Waals surface area contributed by atoms with Crippen LogP contribution in [0.15, 0.2) is 12.1 Å². The summed E-state index contributed by atoms with van der Waals surface area (Å²) < 4.78 is 5.97. The Morgan fingerprint density at radius 3 is 2.41 bits per heavy atom. The highest BCUT2D eigenvalue weighted by Gasteiger charge is 2.42. The van der Waals surface area contributed by atoms with Crippen LogP contribution in [0.5, 0.6) is 11.5 Å². The van der Waals surface area contributed by atoms with Crippen molar-refractivity contribution in [3.63, 3.8) is 0 Å². The number of benzene rings is 1. The fraction of sp³-hybridized carbons (Fsp3) is 0.714. The molecule has 0 radical (unpaired) electrons. The lowest BCUT2D eigenvalue weighted by atomic mass is 9.90. The van der Waals surface area contributed by atoms with E-state index in [2.05, 4.69) is 35.8 Å². The Bertz CT molecular complexity index is 779.